The molecule has 1 aliphatic rings. The summed E-state index contributed by atoms with van der Waals surface area (Å²) >= 11 is 3.31. The van der Waals surface area contributed by atoms with Crippen molar-refractivity contribution in [2.45, 2.75) is 11.2 Å². The molecule has 1 amide bonds. The summed E-state index contributed by atoms with van der Waals surface area (Å²) in [5.41, 5.74) is -0.659. The molecule has 0 spiro atoms. The Morgan fingerprint density at radius 2 is 2.06 bits per heavy atom. The first kappa shape index (κ1) is 13.2. The summed E-state index contributed by atoms with van der Waals surface area (Å²) in [6.45, 7) is 0.756. The van der Waals surface area contributed by atoms with Crippen LogP contribution in [0.1, 0.15) is 16.8 Å². The zero-order chi connectivity index (χ0) is 13.4. The number of benzene rings is 1. The number of phenols is 1. The van der Waals surface area contributed by atoms with Gasteiger partial charge in [-0.05, 0) is 12.5 Å². The summed E-state index contributed by atoms with van der Waals surface area (Å²) in [4.78, 5) is 13.3. The van der Waals surface area contributed by atoms with Gasteiger partial charge in [0.2, 0.25) is 5.82 Å². The van der Waals surface area contributed by atoms with E-state index in [1.54, 1.807) is 0 Å². The molecule has 2 rings (SSSR count). The number of amides is 1. The fourth-order valence-corrected chi connectivity index (χ4v) is 2.37. The normalized spacial score (nSPS) is 19.3. The van der Waals surface area contributed by atoms with E-state index >= 15 is 0 Å². The van der Waals surface area contributed by atoms with Gasteiger partial charge in [-0.3, -0.25) is 4.79 Å². The number of rotatable bonds is 1. The maximum Gasteiger partial charge on any atom is 0.257 e. The average molecular weight is 324 g/mol. The molecule has 1 aliphatic heterocycles. The molecule has 1 fully saturated rings. The Balaban J connectivity index is 2.37. The highest BCUT2D eigenvalue weighted by Crippen LogP contribution is 2.28. The Bertz CT molecular complexity index is 510. The standard InChI is InChI=1S/C11H9BrF3NO2/c12-5-1-2-16(4-5)11(18)6-3-7(13)9(15)10(17)8(6)14/h3,5,17H,1-2,4H2. The Morgan fingerprint density at radius 1 is 1.39 bits per heavy atom. The lowest BCUT2D eigenvalue weighted by Gasteiger charge is -2.16. The van der Waals surface area contributed by atoms with Gasteiger partial charge in [-0.25, -0.2) is 8.78 Å². The van der Waals surface area contributed by atoms with Gasteiger partial charge < -0.3 is 10.0 Å². The first-order chi connectivity index (χ1) is 8.41. The van der Waals surface area contributed by atoms with Crippen molar-refractivity contribution in [2.75, 3.05) is 13.1 Å². The zero-order valence-corrected chi connectivity index (χ0v) is 10.7. The van der Waals surface area contributed by atoms with E-state index in [1.165, 1.54) is 4.90 Å². The van der Waals surface area contributed by atoms with Crippen LogP contribution in [0.5, 0.6) is 5.75 Å². The molecule has 3 nitrogen and oxygen atoms in total. The van der Waals surface area contributed by atoms with Crippen LogP contribution in [0.15, 0.2) is 6.07 Å². The van der Waals surface area contributed by atoms with E-state index in [0.717, 1.165) is 0 Å². The van der Waals surface area contributed by atoms with Crippen molar-refractivity contribution < 1.29 is 23.1 Å². The minimum atomic E-state index is -1.69. The van der Waals surface area contributed by atoms with Gasteiger partial charge in [0, 0.05) is 17.9 Å². The monoisotopic (exact) mass is 323 g/mol. The molecule has 0 saturated carbocycles. The quantitative estimate of drug-likeness (QED) is 0.637. The number of hydrogen-bond donors (Lipinski definition) is 1. The van der Waals surface area contributed by atoms with Crippen LogP contribution in [0.25, 0.3) is 0 Å². The van der Waals surface area contributed by atoms with Crippen molar-refractivity contribution in [1.29, 1.82) is 0 Å². The number of likely N-dealkylation sites (tertiary alicyclic amines) is 1. The third kappa shape index (κ3) is 2.19. The van der Waals surface area contributed by atoms with Gasteiger partial charge in [0.25, 0.3) is 5.91 Å². The van der Waals surface area contributed by atoms with Crippen LogP contribution in [0.3, 0.4) is 0 Å². The van der Waals surface area contributed by atoms with E-state index in [0.29, 0.717) is 25.6 Å². The molecular weight excluding hydrogens is 315 g/mol. The fraction of sp³-hybridized carbons (Fsp3) is 0.364. The third-order valence-corrected chi connectivity index (χ3v) is 3.53. The molecule has 1 heterocycles. The summed E-state index contributed by atoms with van der Waals surface area (Å²) < 4.78 is 39.5. The van der Waals surface area contributed by atoms with Crippen LogP contribution in [0.2, 0.25) is 0 Å². The number of nitrogens with zero attached hydrogens (tertiary/aromatic N) is 1. The lowest BCUT2D eigenvalue weighted by molar-refractivity contribution is 0.0787. The van der Waals surface area contributed by atoms with E-state index in [-0.39, 0.29) is 4.83 Å². The highest BCUT2D eigenvalue weighted by Gasteiger charge is 2.29. The van der Waals surface area contributed by atoms with Gasteiger partial charge in [-0.1, -0.05) is 15.9 Å². The second-order valence-corrected chi connectivity index (χ2v) is 5.31. The van der Waals surface area contributed by atoms with E-state index in [4.69, 9.17) is 5.11 Å². The molecule has 98 valence electrons. The Morgan fingerprint density at radius 3 is 2.61 bits per heavy atom. The SMILES string of the molecule is O=C(c1cc(F)c(F)c(O)c1F)N1CCC(Br)C1. The van der Waals surface area contributed by atoms with E-state index < -0.39 is 34.7 Å². The topological polar surface area (TPSA) is 40.5 Å². The molecule has 0 aliphatic carbocycles. The predicted molar refractivity (Wildman–Crippen MR) is 61.2 cm³/mol. The smallest absolute Gasteiger partial charge is 0.257 e. The average Bonchev–Trinajstić information content (AvgIpc) is 2.77. The molecule has 18 heavy (non-hydrogen) atoms. The molecular formula is C11H9BrF3NO2. The number of hydrogen-bond acceptors (Lipinski definition) is 2. The molecule has 1 saturated heterocycles. The molecule has 0 radical (unpaired) electrons. The lowest BCUT2D eigenvalue weighted by atomic mass is 10.1. The van der Waals surface area contributed by atoms with Crippen molar-refractivity contribution in [3.05, 3.63) is 29.1 Å². The number of alkyl halides is 1. The largest absolute Gasteiger partial charge is 0.503 e. The minimum absolute atomic E-state index is 0.100. The van der Waals surface area contributed by atoms with Crippen LogP contribution in [-0.4, -0.2) is 33.8 Å². The number of halogens is 4. The van der Waals surface area contributed by atoms with Gasteiger partial charge in [0.1, 0.15) is 0 Å². The Hall–Kier alpha value is -1.24. The van der Waals surface area contributed by atoms with Crippen molar-refractivity contribution in [3.63, 3.8) is 0 Å². The molecule has 1 N–H and O–H groups in total. The molecule has 7 heteroatoms. The highest BCUT2D eigenvalue weighted by atomic mass is 79.9. The van der Waals surface area contributed by atoms with E-state index in [9.17, 15) is 18.0 Å². The summed E-state index contributed by atoms with van der Waals surface area (Å²) in [6.07, 6.45) is 0.697. The molecule has 0 aromatic heterocycles. The number of carbonyl (C=O) groups is 1. The predicted octanol–water partition coefficient (Wildman–Crippen LogP) is 2.42. The molecule has 0 bridgehead atoms. The molecule has 1 atom stereocenters. The molecule has 1 aromatic rings. The number of carbonyl (C=O) groups excluding carboxylic acids is 1. The van der Waals surface area contributed by atoms with Crippen LogP contribution >= 0.6 is 15.9 Å². The number of aromatic hydroxyl groups is 1. The third-order valence-electron chi connectivity index (χ3n) is 2.78. The summed E-state index contributed by atoms with van der Waals surface area (Å²) in [6, 6.07) is 0.467. The van der Waals surface area contributed by atoms with Crippen molar-refractivity contribution in [1.82, 2.24) is 4.90 Å². The van der Waals surface area contributed by atoms with Crippen LogP contribution in [0, 0.1) is 17.5 Å². The van der Waals surface area contributed by atoms with Gasteiger partial charge in [0.15, 0.2) is 17.4 Å². The second-order valence-electron chi connectivity index (χ2n) is 4.02. The lowest BCUT2D eigenvalue weighted by Crippen LogP contribution is -2.29. The van der Waals surface area contributed by atoms with Crippen LogP contribution < -0.4 is 0 Å². The summed E-state index contributed by atoms with van der Waals surface area (Å²) in [5.74, 6) is -6.80. The van der Waals surface area contributed by atoms with Gasteiger partial charge in [0.05, 0.1) is 5.56 Å². The van der Waals surface area contributed by atoms with E-state index in [1.807, 2.05) is 0 Å². The van der Waals surface area contributed by atoms with E-state index in [2.05, 4.69) is 15.9 Å². The second kappa shape index (κ2) is 4.79. The summed E-state index contributed by atoms with van der Waals surface area (Å²) in [7, 11) is 0. The van der Waals surface area contributed by atoms with Crippen molar-refractivity contribution in [2.24, 2.45) is 0 Å². The minimum Gasteiger partial charge on any atom is -0.503 e. The summed E-state index contributed by atoms with van der Waals surface area (Å²) in [5, 5.41) is 9.04. The number of phenolic OH excluding ortho intramolecular Hbond substituents is 1. The maximum atomic E-state index is 13.5. The Labute approximate surface area is 109 Å². The van der Waals surface area contributed by atoms with Crippen molar-refractivity contribution >= 4 is 21.8 Å². The molecule has 1 aromatic carbocycles. The van der Waals surface area contributed by atoms with Crippen LogP contribution in [0.4, 0.5) is 13.2 Å². The Kier molecular flexibility index (Phi) is 3.52. The highest BCUT2D eigenvalue weighted by molar-refractivity contribution is 9.09. The van der Waals surface area contributed by atoms with Gasteiger partial charge >= 0.3 is 0 Å². The van der Waals surface area contributed by atoms with Crippen molar-refractivity contribution in [3.8, 4) is 5.75 Å². The maximum absolute atomic E-state index is 13.5. The van der Waals surface area contributed by atoms with Gasteiger partial charge in [-0.2, -0.15) is 4.39 Å². The van der Waals surface area contributed by atoms with Crippen LogP contribution in [-0.2, 0) is 0 Å². The first-order valence-corrected chi connectivity index (χ1v) is 6.13. The first-order valence-electron chi connectivity index (χ1n) is 5.21. The molecule has 1 unspecified atom stereocenters. The zero-order valence-electron chi connectivity index (χ0n) is 9.09. The van der Waals surface area contributed by atoms with Gasteiger partial charge in [-0.15, -0.1) is 0 Å². The fourth-order valence-electron chi connectivity index (χ4n) is 1.82.